The topological polar surface area (TPSA) is 58.8 Å². The Morgan fingerprint density at radius 2 is 1.90 bits per heavy atom. The molecule has 2 aromatic heterocycles. The number of nitrogens with zero attached hydrogens (tertiary/aromatic N) is 3. The van der Waals surface area contributed by atoms with Gasteiger partial charge in [-0.15, -0.1) is 0 Å². The maximum Gasteiger partial charge on any atom is 0.281 e. The molecule has 0 bridgehead atoms. The van der Waals surface area contributed by atoms with Gasteiger partial charge in [0.1, 0.15) is 17.2 Å². The minimum Gasteiger partial charge on any atom is -0.368 e. The van der Waals surface area contributed by atoms with Crippen LogP contribution in [0.4, 0.5) is 14.6 Å². The highest BCUT2D eigenvalue weighted by molar-refractivity contribution is 6.04. The molecule has 1 aliphatic rings. The number of hydrogen-bond acceptors (Lipinski definition) is 3. The van der Waals surface area contributed by atoms with Crippen molar-refractivity contribution in [1.82, 2.24) is 9.38 Å². The van der Waals surface area contributed by atoms with E-state index in [2.05, 4.69) is 15.3 Å². The summed E-state index contributed by atoms with van der Waals surface area (Å²) in [6, 6.07) is 13.0. The smallest absolute Gasteiger partial charge is 0.281 e. The summed E-state index contributed by atoms with van der Waals surface area (Å²) < 4.78 is 27.6. The molecule has 0 radical (unpaired) electrons. The minimum atomic E-state index is -2.60. The van der Waals surface area contributed by atoms with Gasteiger partial charge in [-0.25, -0.2) is 18.8 Å². The van der Waals surface area contributed by atoms with Crippen LogP contribution in [0.25, 0.3) is 5.65 Å². The number of aromatic nitrogens is 2. The number of alkyl halides is 2. The summed E-state index contributed by atoms with van der Waals surface area (Å²) in [5.41, 5.74) is 2.88. The fourth-order valence-corrected chi connectivity index (χ4v) is 3.57. The summed E-state index contributed by atoms with van der Waals surface area (Å²) in [5.74, 6) is 0.539. The molecule has 3 aromatic rings. The quantitative estimate of drug-likeness (QED) is 0.658. The molecule has 1 saturated carbocycles. The molecule has 2 heterocycles. The third-order valence-corrected chi connectivity index (χ3v) is 5.21. The highest BCUT2D eigenvalue weighted by Gasteiger charge is 2.20. The maximum atomic E-state index is 12.9. The van der Waals surface area contributed by atoms with E-state index in [1.54, 1.807) is 28.7 Å². The Kier molecular flexibility index (Phi) is 5.38. The number of amides is 1. The summed E-state index contributed by atoms with van der Waals surface area (Å²) in [6.07, 6.45) is 1.90. The van der Waals surface area contributed by atoms with Crippen molar-refractivity contribution in [2.24, 2.45) is 4.99 Å². The van der Waals surface area contributed by atoms with E-state index in [-0.39, 0.29) is 17.6 Å². The molecule has 4 rings (SSSR count). The number of aryl methyl sites for hydroxylation is 1. The van der Waals surface area contributed by atoms with Gasteiger partial charge in [-0.1, -0.05) is 23.8 Å². The lowest BCUT2D eigenvalue weighted by atomic mass is 9.93. The summed E-state index contributed by atoms with van der Waals surface area (Å²) in [5, 5.41) is 3.43. The lowest BCUT2D eigenvalue weighted by molar-refractivity contribution is 0.100. The van der Waals surface area contributed by atoms with E-state index >= 15 is 0 Å². The number of carbonyl (C=O) groups is 1. The van der Waals surface area contributed by atoms with E-state index in [0.717, 1.165) is 42.8 Å². The molecular formula is C22H22F2N4O. The van der Waals surface area contributed by atoms with Crippen molar-refractivity contribution in [3.8, 4) is 0 Å². The van der Waals surface area contributed by atoms with Crippen molar-refractivity contribution < 1.29 is 13.6 Å². The molecule has 0 aliphatic heterocycles. The SMILES string of the molecule is Cc1ccc(C(=O)N=C2CCC(Nc3cccc4nc(C(F)F)cn34)CC2)cc1. The second kappa shape index (κ2) is 8.11. The first kappa shape index (κ1) is 19.2. The second-order valence-corrected chi connectivity index (χ2v) is 7.37. The number of pyridine rings is 1. The molecule has 0 unspecified atom stereocenters. The first-order valence-corrected chi connectivity index (χ1v) is 9.70. The van der Waals surface area contributed by atoms with E-state index in [1.165, 1.54) is 6.20 Å². The van der Waals surface area contributed by atoms with Crippen molar-refractivity contribution >= 4 is 23.1 Å². The number of carbonyl (C=O) groups excluding carboxylic acids is 1. The van der Waals surface area contributed by atoms with E-state index in [9.17, 15) is 13.6 Å². The molecule has 5 nitrogen and oxygen atoms in total. The van der Waals surface area contributed by atoms with Gasteiger partial charge in [-0.05, 0) is 56.9 Å². The molecule has 1 aliphatic carbocycles. The summed E-state index contributed by atoms with van der Waals surface area (Å²) in [7, 11) is 0. The zero-order valence-corrected chi connectivity index (χ0v) is 16.1. The zero-order valence-electron chi connectivity index (χ0n) is 16.1. The molecule has 1 N–H and O–H groups in total. The van der Waals surface area contributed by atoms with E-state index in [1.807, 2.05) is 25.1 Å². The Labute approximate surface area is 167 Å². The van der Waals surface area contributed by atoms with Crippen LogP contribution in [0.15, 0.2) is 53.7 Å². The first-order valence-electron chi connectivity index (χ1n) is 9.70. The molecule has 1 aromatic carbocycles. The highest BCUT2D eigenvalue weighted by atomic mass is 19.3. The number of benzene rings is 1. The van der Waals surface area contributed by atoms with Gasteiger partial charge in [0.15, 0.2) is 0 Å². The van der Waals surface area contributed by atoms with Crippen LogP contribution in [-0.4, -0.2) is 27.0 Å². The largest absolute Gasteiger partial charge is 0.368 e. The Balaban J connectivity index is 1.41. The Bertz CT molecular complexity index is 1050. The predicted octanol–water partition coefficient (Wildman–Crippen LogP) is 5.22. The third-order valence-electron chi connectivity index (χ3n) is 5.21. The van der Waals surface area contributed by atoms with Crippen LogP contribution in [-0.2, 0) is 0 Å². The number of aliphatic imine (C=N–C) groups is 1. The summed E-state index contributed by atoms with van der Waals surface area (Å²) in [4.78, 5) is 20.6. The fraction of sp³-hybridized carbons (Fsp3) is 0.318. The van der Waals surface area contributed by atoms with Crippen LogP contribution < -0.4 is 5.32 Å². The Morgan fingerprint density at radius 1 is 1.17 bits per heavy atom. The second-order valence-electron chi connectivity index (χ2n) is 7.37. The zero-order chi connectivity index (χ0) is 20.4. The van der Waals surface area contributed by atoms with Gasteiger partial charge in [-0.2, -0.15) is 0 Å². The normalized spacial score (nSPS) is 17.0. The lowest BCUT2D eigenvalue weighted by Crippen LogP contribution is -2.27. The van der Waals surface area contributed by atoms with E-state index in [4.69, 9.17) is 0 Å². The van der Waals surface area contributed by atoms with Crippen LogP contribution >= 0.6 is 0 Å². The lowest BCUT2D eigenvalue weighted by Gasteiger charge is -2.25. The third kappa shape index (κ3) is 4.34. The van der Waals surface area contributed by atoms with Gasteiger partial charge in [0, 0.05) is 23.5 Å². The van der Waals surface area contributed by atoms with Crippen molar-refractivity contribution in [3.05, 3.63) is 65.5 Å². The molecular weight excluding hydrogens is 374 g/mol. The molecule has 150 valence electrons. The van der Waals surface area contributed by atoms with Gasteiger partial charge < -0.3 is 5.32 Å². The Morgan fingerprint density at radius 3 is 2.59 bits per heavy atom. The number of anilines is 1. The number of fused-ring (bicyclic) bond motifs is 1. The maximum absolute atomic E-state index is 12.9. The number of imidazole rings is 1. The molecule has 1 amide bonds. The molecule has 0 spiro atoms. The molecule has 0 atom stereocenters. The van der Waals surface area contributed by atoms with Gasteiger partial charge in [0.05, 0.1) is 0 Å². The van der Waals surface area contributed by atoms with Crippen LogP contribution in [0, 0.1) is 6.92 Å². The predicted molar refractivity (Wildman–Crippen MR) is 109 cm³/mol. The van der Waals surface area contributed by atoms with Crippen molar-refractivity contribution in [2.45, 2.75) is 45.1 Å². The standard InChI is InChI=1S/C22H22F2N4O/c1-14-5-7-15(8-6-14)22(29)26-17-11-9-16(10-12-17)25-19-3-2-4-20-27-18(21(23)24)13-28(19)20/h2-8,13,16,21,25H,9-12H2,1H3. The van der Waals surface area contributed by atoms with Crippen LogP contribution in [0.1, 0.15) is 53.7 Å². The summed E-state index contributed by atoms with van der Waals surface area (Å²) >= 11 is 0. The van der Waals surface area contributed by atoms with Crippen LogP contribution in [0.2, 0.25) is 0 Å². The molecule has 0 saturated heterocycles. The van der Waals surface area contributed by atoms with E-state index in [0.29, 0.717) is 11.2 Å². The molecule has 7 heteroatoms. The Hall–Kier alpha value is -3.09. The number of halogens is 2. The van der Waals surface area contributed by atoms with Gasteiger partial charge in [-0.3, -0.25) is 9.20 Å². The average Bonchev–Trinajstić information content (AvgIpc) is 3.16. The summed E-state index contributed by atoms with van der Waals surface area (Å²) in [6.45, 7) is 1.98. The van der Waals surface area contributed by atoms with Gasteiger partial charge in [0.2, 0.25) is 0 Å². The molecule has 1 fully saturated rings. The van der Waals surface area contributed by atoms with Crippen molar-refractivity contribution in [1.29, 1.82) is 0 Å². The van der Waals surface area contributed by atoms with Crippen molar-refractivity contribution in [2.75, 3.05) is 5.32 Å². The van der Waals surface area contributed by atoms with E-state index < -0.39 is 6.43 Å². The first-order chi connectivity index (χ1) is 14.0. The average molecular weight is 396 g/mol. The minimum absolute atomic E-state index is 0.187. The fourth-order valence-electron chi connectivity index (χ4n) is 3.57. The van der Waals surface area contributed by atoms with Crippen LogP contribution in [0.5, 0.6) is 0 Å². The number of nitrogens with one attached hydrogen (secondary N) is 1. The van der Waals surface area contributed by atoms with Crippen LogP contribution in [0.3, 0.4) is 0 Å². The molecule has 29 heavy (non-hydrogen) atoms. The van der Waals surface area contributed by atoms with Gasteiger partial charge >= 0.3 is 0 Å². The highest BCUT2D eigenvalue weighted by Crippen LogP contribution is 2.24. The van der Waals surface area contributed by atoms with Crippen molar-refractivity contribution in [3.63, 3.8) is 0 Å². The monoisotopic (exact) mass is 396 g/mol. The number of hydrogen-bond donors (Lipinski definition) is 1. The number of rotatable bonds is 4. The van der Waals surface area contributed by atoms with Gasteiger partial charge in [0.25, 0.3) is 12.3 Å².